The van der Waals surface area contributed by atoms with Crippen LogP contribution in [0.1, 0.15) is 11.6 Å². The Morgan fingerprint density at radius 2 is 1.95 bits per heavy atom. The highest BCUT2D eigenvalue weighted by molar-refractivity contribution is 5.36. The second-order valence-electron chi connectivity index (χ2n) is 4.31. The monoisotopic (exact) mass is 292 g/mol. The van der Waals surface area contributed by atoms with Crippen molar-refractivity contribution in [2.24, 2.45) is 5.73 Å². The van der Waals surface area contributed by atoms with Gasteiger partial charge < -0.3 is 15.2 Å². The summed E-state index contributed by atoms with van der Waals surface area (Å²) in [5.74, 6) is -0.222. The third-order valence-electron chi connectivity index (χ3n) is 2.91. The maximum absolute atomic E-state index is 12.4. The van der Waals surface area contributed by atoms with Gasteiger partial charge in [0.15, 0.2) is 0 Å². The SMILES string of the molecule is COCCN(C)C(CN)c1ccccc1OC(F)(F)F. The number of rotatable bonds is 7. The lowest BCUT2D eigenvalue weighted by molar-refractivity contribution is -0.275. The standard InChI is InChI=1S/C13H19F3N2O2/c1-18(7-8-19-2)11(9-17)10-5-3-4-6-12(10)20-13(14,15)16/h3-6,11H,7-9,17H2,1-2H3. The van der Waals surface area contributed by atoms with Gasteiger partial charge >= 0.3 is 6.36 Å². The summed E-state index contributed by atoms with van der Waals surface area (Å²) < 4.78 is 46.2. The van der Waals surface area contributed by atoms with E-state index in [4.69, 9.17) is 10.5 Å². The van der Waals surface area contributed by atoms with E-state index in [9.17, 15) is 13.2 Å². The first-order valence-electron chi connectivity index (χ1n) is 6.13. The minimum absolute atomic E-state index is 0.179. The number of hydrogen-bond acceptors (Lipinski definition) is 4. The minimum atomic E-state index is -4.72. The molecule has 1 rings (SSSR count). The highest BCUT2D eigenvalue weighted by Crippen LogP contribution is 2.32. The Hall–Kier alpha value is -1.31. The zero-order valence-electron chi connectivity index (χ0n) is 11.5. The summed E-state index contributed by atoms with van der Waals surface area (Å²) in [6, 6.07) is 5.65. The fourth-order valence-electron chi connectivity index (χ4n) is 1.91. The van der Waals surface area contributed by atoms with Crippen LogP contribution >= 0.6 is 0 Å². The van der Waals surface area contributed by atoms with Gasteiger partial charge in [-0.05, 0) is 13.1 Å². The molecule has 0 bridgehead atoms. The number of nitrogens with zero attached hydrogens (tertiary/aromatic N) is 1. The number of alkyl halides is 3. The van der Waals surface area contributed by atoms with Gasteiger partial charge in [0.25, 0.3) is 0 Å². The van der Waals surface area contributed by atoms with Crippen molar-refractivity contribution in [1.29, 1.82) is 0 Å². The van der Waals surface area contributed by atoms with Crippen LogP contribution in [-0.4, -0.2) is 45.1 Å². The van der Waals surface area contributed by atoms with E-state index in [0.717, 1.165) is 0 Å². The Morgan fingerprint density at radius 3 is 2.50 bits per heavy atom. The number of nitrogens with two attached hydrogens (primary N) is 1. The maximum Gasteiger partial charge on any atom is 0.573 e. The van der Waals surface area contributed by atoms with E-state index in [1.54, 1.807) is 26.3 Å². The van der Waals surface area contributed by atoms with Crippen LogP contribution in [0.4, 0.5) is 13.2 Å². The maximum atomic E-state index is 12.4. The van der Waals surface area contributed by atoms with Gasteiger partial charge in [-0.2, -0.15) is 0 Å². The van der Waals surface area contributed by atoms with Crippen LogP contribution in [0.15, 0.2) is 24.3 Å². The molecule has 0 spiro atoms. The van der Waals surface area contributed by atoms with Crippen LogP contribution < -0.4 is 10.5 Å². The molecule has 1 atom stereocenters. The highest BCUT2D eigenvalue weighted by atomic mass is 19.4. The van der Waals surface area contributed by atoms with Gasteiger partial charge in [-0.25, -0.2) is 0 Å². The highest BCUT2D eigenvalue weighted by Gasteiger charge is 2.33. The zero-order chi connectivity index (χ0) is 15.2. The molecule has 0 heterocycles. The van der Waals surface area contributed by atoms with Crippen LogP contribution in [0.5, 0.6) is 5.75 Å². The smallest absolute Gasteiger partial charge is 0.405 e. The molecule has 114 valence electrons. The largest absolute Gasteiger partial charge is 0.573 e. The number of ether oxygens (including phenoxy) is 2. The molecule has 4 nitrogen and oxygen atoms in total. The molecular formula is C13H19F3N2O2. The Kier molecular flexibility index (Phi) is 6.25. The van der Waals surface area contributed by atoms with Crippen molar-refractivity contribution >= 4 is 0 Å². The molecule has 1 aromatic rings. The summed E-state index contributed by atoms with van der Waals surface area (Å²) in [4.78, 5) is 1.84. The Morgan fingerprint density at radius 1 is 1.30 bits per heavy atom. The van der Waals surface area contributed by atoms with E-state index in [1.807, 2.05) is 4.90 Å². The van der Waals surface area contributed by atoms with Gasteiger partial charge in [-0.3, -0.25) is 4.90 Å². The molecule has 7 heteroatoms. The molecule has 0 aliphatic carbocycles. The molecule has 0 fully saturated rings. The molecule has 1 unspecified atom stereocenters. The van der Waals surface area contributed by atoms with Crippen molar-refractivity contribution in [1.82, 2.24) is 4.90 Å². The zero-order valence-corrected chi connectivity index (χ0v) is 11.5. The quantitative estimate of drug-likeness (QED) is 0.836. The lowest BCUT2D eigenvalue weighted by Crippen LogP contribution is -2.33. The topological polar surface area (TPSA) is 47.7 Å². The fourth-order valence-corrected chi connectivity index (χ4v) is 1.91. The number of likely N-dealkylation sites (N-methyl/N-ethyl adjacent to an activating group) is 1. The number of halogens is 3. The van der Waals surface area contributed by atoms with Gasteiger partial charge in [0.1, 0.15) is 5.75 Å². The number of methoxy groups -OCH3 is 1. The van der Waals surface area contributed by atoms with Crippen molar-refractivity contribution in [3.8, 4) is 5.75 Å². The molecule has 0 amide bonds. The van der Waals surface area contributed by atoms with Gasteiger partial charge in [-0.15, -0.1) is 13.2 Å². The van der Waals surface area contributed by atoms with Crippen LogP contribution in [-0.2, 0) is 4.74 Å². The summed E-state index contributed by atoms with van der Waals surface area (Å²) >= 11 is 0. The second-order valence-corrected chi connectivity index (χ2v) is 4.31. The Balaban J connectivity index is 2.97. The van der Waals surface area contributed by atoms with Crippen LogP contribution in [0.25, 0.3) is 0 Å². The van der Waals surface area contributed by atoms with Crippen LogP contribution in [0, 0.1) is 0 Å². The van der Waals surface area contributed by atoms with E-state index in [2.05, 4.69) is 4.74 Å². The average Bonchev–Trinajstić information content (AvgIpc) is 2.37. The summed E-state index contributed by atoms with van der Waals surface area (Å²) in [5, 5.41) is 0. The Bertz CT molecular complexity index is 413. The van der Waals surface area contributed by atoms with E-state index in [0.29, 0.717) is 18.7 Å². The van der Waals surface area contributed by atoms with Gasteiger partial charge in [0, 0.05) is 25.8 Å². The Labute approximate surface area is 116 Å². The first-order valence-corrected chi connectivity index (χ1v) is 6.13. The number of benzene rings is 1. The third-order valence-corrected chi connectivity index (χ3v) is 2.91. The third kappa shape index (κ3) is 4.99. The molecule has 1 aromatic carbocycles. The van der Waals surface area contributed by atoms with Gasteiger partial charge in [0.2, 0.25) is 0 Å². The molecular weight excluding hydrogens is 273 g/mol. The van der Waals surface area contributed by atoms with Crippen LogP contribution in [0.3, 0.4) is 0 Å². The molecule has 0 radical (unpaired) electrons. The molecule has 20 heavy (non-hydrogen) atoms. The fraction of sp³-hybridized carbons (Fsp3) is 0.538. The van der Waals surface area contributed by atoms with Gasteiger partial charge in [0.05, 0.1) is 12.6 Å². The molecule has 0 saturated carbocycles. The number of para-hydroxylation sites is 1. The molecule has 2 N–H and O–H groups in total. The van der Waals surface area contributed by atoms with Crippen LogP contribution in [0.2, 0.25) is 0 Å². The summed E-state index contributed by atoms with van der Waals surface area (Å²) in [6.07, 6.45) is -4.72. The van der Waals surface area contributed by atoms with Crippen molar-refractivity contribution in [3.63, 3.8) is 0 Å². The minimum Gasteiger partial charge on any atom is -0.405 e. The van der Waals surface area contributed by atoms with Crippen molar-refractivity contribution in [2.45, 2.75) is 12.4 Å². The van der Waals surface area contributed by atoms with Crippen molar-refractivity contribution < 1.29 is 22.6 Å². The average molecular weight is 292 g/mol. The van der Waals surface area contributed by atoms with E-state index in [1.165, 1.54) is 12.1 Å². The summed E-state index contributed by atoms with van der Waals surface area (Å²) in [5.41, 5.74) is 6.10. The summed E-state index contributed by atoms with van der Waals surface area (Å²) in [6.45, 7) is 1.20. The van der Waals surface area contributed by atoms with Crippen molar-refractivity contribution in [3.05, 3.63) is 29.8 Å². The van der Waals surface area contributed by atoms with E-state index in [-0.39, 0.29) is 18.3 Å². The number of hydrogen-bond donors (Lipinski definition) is 1. The molecule has 0 aliphatic rings. The predicted octanol–water partition coefficient (Wildman–Crippen LogP) is 2.16. The second kappa shape index (κ2) is 7.47. The van der Waals surface area contributed by atoms with E-state index < -0.39 is 6.36 Å². The molecule has 0 aliphatic heterocycles. The molecule has 0 saturated heterocycles. The lowest BCUT2D eigenvalue weighted by Gasteiger charge is -2.28. The van der Waals surface area contributed by atoms with Crippen molar-refractivity contribution in [2.75, 3.05) is 33.9 Å². The summed E-state index contributed by atoms with van der Waals surface area (Å²) in [7, 11) is 3.34. The lowest BCUT2D eigenvalue weighted by atomic mass is 10.0. The molecule has 0 aromatic heterocycles. The predicted molar refractivity (Wildman–Crippen MR) is 69.4 cm³/mol. The van der Waals surface area contributed by atoms with Gasteiger partial charge in [-0.1, -0.05) is 18.2 Å². The normalized spacial score (nSPS) is 13.6. The first-order chi connectivity index (χ1) is 9.39. The first kappa shape index (κ1) is 16.7. The van der Waals surface area contributed by atoms with E-state index >= 15 is 0 Å².